The van der Waals surface area contributed by atoms with Gasteiger partial charge in [-0.1, -0.05) is 43.2 Å². The van der Waals surface area contributed by atoms with E-state index in [1.165, 1.54) is 4.90 Å². The molecule has 0 aliphatic heterocycles. The molecule has 2 atom stereocenters. The van der Waals surface area contributed by atoms with Crippen LogP contribution in [0.4, 0.5) is 4.79 Å². The number of aryl methyl sites for hydroxylation is 1. The van der Waals surface area contributed by atoms with Gasteiger partial charge in [-0.15, -0.1) is 0 Å². The third kappa shape index (κ3) is 8.05. The summed E-state index contributed by atoms with van der Waals surface area (Å²) in [7, 11) is 0. The molecule has 7 heteroatoms. The molecule has 2 N–H and O–H groups in total. The largest absolute Gasteiger partial charge is 0.444 e. The zero-order chi connectivity index (χ0) is 22.9. The van der Waals surface area contributed by atoms with Crippen LogP contribution in [-0.2, 0) is 14.3 Å². The number of carbonyl (C=O) groups is 3. The van der Waals surface area contributed by atoms with Crippen LogP contribution in [0.5, 0.6) is 0 Å². The van der Waals surface area contributed by atoms with Crippen molar-refractivity contribution in [1.29, 1.82) is 0 Å². The summed E-state index contributed by atoms with van der Waals surface area (Å²) in [6.07, 6.45) is 1.16. The Morgan fingerprint density at radius 2 is 1.83 bits per heavy atom. The number of hydrogen-bond acceptors (Lipinski definition) is 4. The number of benzene rings is 1. The van der Waals surface area contributed by atoms with Crippen molar-refractivity contribution >= 4 is 17.9 Å². The van der Waals surface area contributed by atoms with Crippen LogP contribution in [0.15, 0.2) is 24.3 Å². The van der Waals surface area contributed by atoms with Crippen molar-refractivity contribution in [2.45, 2.75) is 79.0 Å². The zero-order valence-corrected chi connectivity index (χ0v) is 19.4. The summed E-state index contributed by atoms with van der Waals surface area (Å²) in [5, 5.41) is 5.51. The highest BCUT2D eigenvalue weighted by molar-refractivity contribution is 5.91. The third-order valence-electron chi connectivity index (χ3n) is 4.47. The number of hydrogen-bond donors (Lipinski definition) is 2. The number of unbranched alkanes of at least 4 members (excludes halogenated alkanes) is 1. The first kappa shape index (κ1) is 25.5. The van der Waals surface area contributed by atoms with Crippen molar-refractivity contribution in [2.75, 3.05) is 13.1 Å². The maximum Gasteiger partial charge on any atom is 0.408 e. The van der Waals surface area contributed by atoms with Crippen LogP contribution in [0.3, 0.4) is 0 Å². The van der Waals surface area contributed by atoms with E-state index < -0.39 is 23.8 Å². The molecule has 0 aliphatic rings. The van der Waals surface area contributed by atoms with Crippen molar-refractivity contribution < 1.29 is 19.1 Å². The van der Waals surface area contributed by atoms with E-state index >= 15 is 0 Å². The molecule has 3 amide bonds. The number of rotatable bonds is 9. The standard InChI is InChI=1S/C23H37N3O4/c1-8-10-14-24-20(27)19(18-13-11-12-16(3)15-18)26(9-2)21(28)17(4)25-22(29)30-23(5,6)7/h11-13,15,17,19H,8-10,14H2,1-7H3,(H,24,27)(H,25,29). The van der Waals surface area contributed by atoms with Crippen molar-refractivity contribution in [3.8, 4) is 0 Å². The summed E-state index contributed by atoms with van der Waals surface area (Å²) in [4.78, 5) is 39.8. The molecule has 0 aliphatic carbocycles. The molecule has 0 heterocycles. The summed E-state index contributed by atoms with van der Waals surface area (Å²) in [6.45, 7) is 13.5. The van der Waals surface area contributed by atoms with Crippen LogP contribution in [0.2, 0.25) is 0 Å². The average molecular weight is 420 g/mol. The van der Waals surface area contributed by atoms with Gasteiger partial charge in [0.05, 0.1) is 0 Å². The van der Waals surface area contributed by atoms with Gasteiger partial charge in [-0.05, 0) is 53.5 Å². The van der Waals surface area contributed by atoms with E-state index in [0.717, 1.165) is 24.0 Å². The number of amides is 3. The Balaban J connectivity index is 3.10. The van der Waals surface area contributed by atoms with E-state index in [2.05, 4.69) is 17.6 Å². The van der Waals surface area contributed by atoms with Gasteiger partial charge in [0.1, 0.15) is 17.7 Å². The molecule has 1 rings (SSSR count). The molecule has 168 valence electrons. The van der Waals surface area contributed by atoms with Gasteiger partial charge in [0.2, 0.25) is 11.8 Å². The molecule has 0 spiro atoms. The van der Waals surface area contributed by atoms with Gasteiger partial charge in [-0.3, -0.25) is 9.59 Å². The van der Waals surface area contributed by atoms with Crippen LogP contribution < -0.4 is 10.6 Å². The van der Waals surface area contributed by atoms with Crippen LogP contribution in [-0.4, -0.2) is 47.5 Å². The Hall–Kier alpha value is -2.57. The van der Waals surface area contributed by atoms with Crippen molar-refractivity contribution in [3.05, 3.63) is 35.4 Å². The summed E-state index contributed by atoms with van der Waals surface area (Å²) in [5.74, 6) is -0.575. The lowest BCUT2D eigenvalue weighted by Crippen LogP contribution is -2.51. The van der Waals surface area contributed by atoms with E-state index in [1.807, 2.05) is 38.1 Å². The SMILES string of the molecule is CCCCNC(=O)C(c1cccc(C)c1)N(CC)C(=O)C(C)NC(=O)OC(C)(C)C. The molecule has 7 nitrogen and oxygen atoms in total. The number of ether oxygens (including phenoxy) is 1. The maximum atomic E-state index is 13.2. The Kier molecular flexibility index (Phi) is 9.82. The van der Waals surface area contributed by atoms with Gasteiger partial charge in [0.25, 0.3) is 0 Å². The number of nitrogens with zero attached hydrogens (tertiary/aromatic N) is 1. The van der Waals surface area contributed by atoms with E-state index in [9.17, 15) is 14.4 Å². The number of carbonyl (C=O) groups excluding carboxylic acids is 3. The van der Waals surface area contributed by atoms with Gasteiger partial charge in [-0.25, -0.2) is 4.79 Å². The predicted octanol–water partition coefficient (Wildman–Crippen LogP) is 3.71. The van der Waals surface area contributed by atoms with Gasteiger partial charge in [0.15, 0.2) is 0 Å². The molecule has 1 aromatic rings. The highest BCUT2D eigenvalue weighted by Gasteiger charge is 2.33. The molecule has 0 bridgehead atoms. The summed E-state index contributed by atoms with van der Waals surface area (Å²) >= 11 is 0. The van der Waals surface area contributed by atoms with Crippen LogP contribution in [0.1, 0.15) is 71.6 Å². The Morgan fingerprint density at radius 1 is 1.17 bits per heavy atom. The second-order valence-electron chi connectivity index (χ2n) is 8.45. The van der Waals surface area contributed by atoms with Crippen LogP contribution in [0, 0.1) is 6.92 Å². The Morgan fingerprint density at radius 3 is 2.37 bits per heavy atom. The zero-order valence-electron chi connectivity index (χ0n) is 19.4. The van der Waals surface area contributed by atoms with Gasteiger partial charge in [-0.2, -0.15) is 0 Å². The minimum absolute atomic E-state index is 0.228. The average Bonchev–Trinajstić information content (AvgIpc) is 2.63. The summed E-state index contributed by atoms with van der Waals surface area (Å²) < 4.78 is 5.25. The molecule has 2 unspecified atom stereocenters. The molecule has 0 aromatic heterocycles. The van der Waals surface area contributed by atoms with Gasteiger partial charge >= 0.3 is 6.09 Å². The first-order valence-corrected chi connectivity index (χ1v) is 10.6. The molecule has 0 radical (unpaired) electrons. The van der Waals surface area contributed by atoms with Crippen LogP contribution >= 0.6 is 0 Å². The number of alkyl carbamates (subject to hydrolysis) is 1. The fourth-order valence-corrected chi connectivity index (χ4v) is 3.06. The fourth-order valence-electron chi connectivity index (χ4n) is 3.06. The van der Waals surface area contributed by atoms with E-state index in [0.29, 0.717) is 13.1 Å². The highest BCUT2D eigenvalue weighted by atomic mass is 16.6. The topological polar surface area (TPSA) is 87.7 Å². The third-order valence-corrected chi connectivity index (χ3v) is 4.47. The molecule has 30 heavy (non-hydrogen) atoms. The Bertz CT molecular complexity index is 727. The molecular weight excluding hydrogens is 382 g/mol. The van der Waals surface area contributed by atoms with Gasteiger partial charge in [0, 0.05) is 13.1 Å². The second kappa shape index (κ2) is 11.6. The first-order valence-electron chi connectivity index (χ1n) is 10.6. The van der Waals surface area contributed by atoms with Crippen molar-refractivity contribution in [3.63, 3.8) is 0 Å². The van der Waals surface area contributed by atoms with Gasteiger partial charge < -0.3 is 20.3 Å². The molecule has 0 saturated carbocycles. The lowest BCUT2D eigenvalue weighted by molar-refractivity contribution is -0.141. The van der Waals surface area contributed by atoms with Crippen LogP contribution in [0.25, 0.3) is 0 Å². The van der Waals surface area contributed by atoms with E-state index in [1.54, 1.807) is 27.7 Å². The first-order chi connectivity index (χ1) is 14.0. The van der Waals surface area contributed by atoms with E-state index in [4.69, 9.17) is 4.74 Å². The van der Waals surface area contributed by atoms with E-state index in [-0.39, 0.29) is 11.8 Å². The minimum atomic E-state index is -0.837. The predicted molar refractivity (Wildman–Crippen MR) is 118 cm³/mol. The monoisotopic (exact) mass is 419 g/mol. The van der Waals surface area contributed by atoms with Crippen molar-refractivity contribution in [1.82, 2.24) is 15.5 Å². The highest BCUT2D eigenvalue weighted by Crippen LogP contribution is 2.23. The quantitative estimate of drug-likeness (QED) is 0.597. The Labute approximate surface area is 180 Å². The molecule has 0 saturated heterocycles. The molecule has 0 fully saturated rings. The second-order valence-corrected chi connectivity index (χ2v) is 8.45. The summed E-state index contributed by atoms with van der Waals surface area (Å²) in [5.41, 5.74) is 1.08. The lowest BCUT2D eigenvalue weighted by atomic mass is 10.0. The smallest absolute Gasteiger partial charge is 0.408 e. The lowest BCUT2D eigenvalue weighted by Gasteiger charge is -2.33. The normalized spacial score (nSPS) is 13.2. The minimum Gasteiger partial charge on any atom is -0.444 e. The molecule has 1 aromatic carbocycles. The fraction of sp³-hybridized carbons (Fsp3) is 0.609. The maximum absolute atomic E-state index is 13.2. The number of nitrogens with one attached hydrogen (secondary N) is 2. The van der Waals surface area contributed by atoms with Crippen molar-refractivity contribution in [2.24, 2.45) is 0 Å². The number of likely N-dealkylation sites (N-methyl/N-ethyl adjacent to an activating group) is 1. The molecular formula is C23H37N3O4. The summed E-state index contributed by atoms with van der Waals surface area (Å²) in [6, 6.07) is 5.96.